The zero-order valence-electron chi connectivity index (χ0n) is 41.1. The quantitative estimate of drug-likeness (QED) is 0.0256. The van der Waals surface area contributed by atoms with Gasteiger partial charge >= 0.3 is 23.9 Å². The van der Waals surface area contributed by atoms with Gasteiger partial charge in [-0.05, 0) is 166 Å². The summed E-state index contributed by atoms with van der Waals surface area (Å²) in [4.78, 5) is 51.5. The van der Waals surface area contributed by atoms with Crippen molar-refractivity contribution in [3.63, 3.8) is 0 Å². The highest BCUT2D eigenvalue weighted by molar-refractivity contribution is 5.98. The van der Waals surface area contributed by atoms with Gasteiger partial charge in [-0.2, -0.15) is 0 Å². The molecule has 1 saturated carbocycles. The van der Waals surface area contributed by atoms with Crippen molar-refractivity contribution in [3.8, 4) is 23.0 Å². The molecule has 0 amide bonds. The fourth-order valence-corrected chi connectivity index (χ4v) is 8.96. The van der Waals surface area contributed by atoms with Crippen LogP contribution in [0.3, 0.4) is 0 Å². The number of hydrogen-bond acceptors (Lipinski definition) is 12. The van der Waals surface area contributed by atoms with Gasteiger partial charge in [-0.15, -0.1) is 0 Å². The van der Waals surface area contributed by atoms with Crippen LogP contribution >= 0.6 is 0 Å². The average molecular weight is 965 g/mol. The molecule has 71 heavy (non-hydrogen) atoms. The molecule has 1 heterocycles. The minimum Gasteiger partial charge on any atom is -0.498 e. The van der Waals surface area contributed by atoms with Crippen LogP contribution in [-0.4, -0.2) is 70.1 Å². The van der Waals surface area contributed by atoms with Crippen molar-refractivity contribution in [1.29, 1.82) is 0 Å². The van der Waals surface area contributed by atoms with Gasteiger partial charge in [0.15, 0.2) is 0 Å². The third-order valence-corrected chi connectivity index (χ3v) is 13.5. The van der Waals surface area contributed by atoms with Crippen molar-refractivity contribution in [2.45, 2.75) is 85.0 Å². The van der Waals surface area contributed by atoms with Gasteiger partial charge in [0.05, 0.1) is 56.3 Å². The predicted octanol–water partition coefficient (Wildman–Crippen LogP) is 11.8. The van der Waals surface area contributed by atoms with Crippen molar-refractivity contribution in [3.05, 3.63) is 155 Å². The van der Waals surface area contributed by atoms with Crippen molar-refractivity contribution in [2.24, 2.45) is 16.7 Å². The number of allylic oxidation sites excluding steroid dienone is 6. The van der Waals surface area contributed by atoms with E-state index in [-0.39, 0.29) is 22.7 Å². The van der Waals surface area contributed by atoms with Gasteiger partial charge in [-0.3, -0.25) is 0 Å². The number of hydrogen-bond donors (Lipinski definition) is 0. The molecule has 12 nitrogen and oxygen atoms in total. The van der Waals surface area contributed by atoms with Crippen molar-refractivity contribution in [1.82, 2.24) is 0 Å². The molecule has 2 unspecified atom stereocenters. The standard InChI is InChI=1S/C59H64O12/c1-5-13-44-35-50(70-56(62)46-26-27-59-36-51(59)53(24-19-47(59)33-46)67-30-9-7-8-10-31-68-54(60)40(3)4)23-25-52(44)71-57(63)45-15-14-43-34-49(22-18-42(43)32-45)69-55(61)41-16-20-48(21-17-41)66-29-12-11-28-64-37-58(6-2)38-65-39-58/h14-27,32-35,51H,3,5-13,28-31,36-39H2,1-2,4H3. The summed E-state index contributed by atoms with van der Waals surface area (Å²) >= 11 is 0. The lowest BCUT2D eigenvalue weighted by Crippen LogP contribution is -2.45. The summed E-state index contributed by atoms with van der Waals surface area (Å²) in [5, 5.41) is 1.55. The summed E-state index contributed by atoms with van der Waals surface area (Å²) in [6, 6.07) is 22.4. The summed E-state index contributed by atoms with van der Waals surface area (Å²) in [7, 11) is 0. The lowest BCUT2D eigenvalue weighted by Gasteiger charge is -2.40. The van der Waals surface area contributed by atoms with Crippen LogP contribution in [0.1, 0.15) is 105 Å². The predicted molar refractivity (Wildman–Crippen MR) is 270 cm³/mol. The number of unbranched alkanes of at least 4 members (excludes halogenated alkanes) is 4. The molecule has 4 aromatic rings. The highest BCUT2D eigenvalue weighted by Gasteiger charge is 2.59. The molecule has 3 aliphatic carbocycles. The Bertz CT molecular complexity index is 2730. The second-order valence-electron chi connectivity index (χ2n) is 19.0. The Morgan fingerprint density at radius 3 is 2.11 bits per heavy atom. The molecule has 0 radical (unpaired) electrons. The number of esters is 4. The van der Waals surface area contributed by atoms with Crippen molar-refractivity contribution in [2.75, 3.05) is 46.2 Å². The maximum atomic E-state index is 13.5. The summed E-state index contributed by atoms with van der Waals surface area (Å²) in [6.45, 7) is 14.0. The number of aryl methyl sites for hydroxylation is 1. The SMILES string of the molecule is C=C(C)C(=O)OCCCCCCOC1=CC=C2C=C(C(=O)Oc3ccc(OC(=O)c4ccc5cc(OC(=O)c6ccc(OCCCCOCC7(CC)COC7)cc6)ccc5c4)c(CCC)c3)C=CC23CC13. The van der Waals surface area contributed by atoms with Crippen molar-refractivity contribution < 1.29 is 57.1 Å². The Labute approximate surface area is 416 Å². The molecule has 2 fully saturated rings. The van der Waals surface area contributed by atoms with Crippen LogP contribution in [0, 0.1) is 16.7 Å². The van der Waals surface area contributed by atoms with E-state index in [1.807, 2.05) is 31.2 Å². The van der Waals surface area contributed by atoms with Gasteiger partial charge in [-0.25, -0.2) is 19.2 Å². The van der Waals surface area contributed by atoms with E-state index in [9.17, 15) is 19.2 Å². The van der Waals surface area contributed by atoms with E-state index in [0.717, 1.165) is 105 Å². The Hall–Kier alpha value is -6.76. The summed E-state index contributed by atoms with van der Waals surface area (Å²) < 4.78 is 45.9. The third-order valence-electron chi connectivity index (χ3n) is 13.5. The Morgan fingerprint density at radius 2 is 1.35 bits per heavy atom. The first-order valence-corrected chi connectivity index (χ1v) is 25.0. The van der Waals surface area contributed by atoms with Gasteiger partial charge < -0.3 is 37.9 Å². The molecule has 4 aromatic carbocycles. The van der Waals surface area contributed by atoms with Gasteiger partial charge in [0.25, 0.3) is 0 Å². The number of ether oxygens (including phenoxy) is 8. The Kier molecular flexibility index (Phi) is 16.7. The van der Waals surface area contributed by atoms with Crippen LogP contribution in [0.25, 0.3) is 10.8 Å². The first-order valence-electron chi connectivity index (χ1n) is 25.0. The Morgan fingerprint density at radius 1 is 0.690 bits per heavy atom. The maximum Gasteiger partial charge on any atom is 0.343 e. The summed E-state index contributed by atoms with van der Waals surface area (Å²) in [5.41, 5.74) is 3.45. The minimum absolute atomic E-state index is 0.157. The lowest BCUT2D eigenvalue weighted by atomic mass is 9.83. The number of carbonyl (C=O) groups is 4. The summed E-state index contributed by atoms with van der Waals surface area (Å²) in [5.74, 6) is 1.17. The van der Waals surface area contributed by atoms with E-state index in [2.05, 4.69) is 19.6 Å². The largest absolute Gasteiger partial charge is 0.498 e. The molecule has 1 aliphatic heterocycles. The molecule has 2 atom stereocenters. The normalized spacial score (nSPS) is 18.1. The van der Waals surface area contributed by atoms with Crippen LogP contribution < -0.4 is 18.9 Å². The molecule has 372 valence electrons. The van der Waals surface area contributed by atoms with E-state index in [0.29, 0.717) is 78.1 Å². The number of benzene rings is 4. The lowest BCUT2D eigenvalue weighted by molar-refractivity contribution is -0.150. The fourth-order valence-electron chi connectivity index (χ4n) is 8.96. The third kappa shape index (κ3) is 12.8. The fraction of sp³-hybridized carbons (Fsp3) is 0.390. The van der Waals surface area contributed by atoms with Crippen LogP contribution in [0.2, 0.25) is 0 Å². The van der Waals surface area contributed by atoms with Crippen molar-refractivity contribution >= 4 is 34.6 Å². The molecule has 4 aliphatic rings. The summed E-state index contributed by atoms with van der Waals surface area (Å²) in [6.07, 6.45) is 18.7. The molecule has 8 rings (SSSR count). The zero-order chi connectivity index (χ0) is 49.8. The second-order valence-corrected chi connectivity index (χ2v) is 19.0. The average Bonchev–Trinajstić information content (AvgIpc) is 4.10. The van der Waals surface area contributed by atoms with Gasteiger partial charge in [0.2, 0.25) is 0 Å². The molecule has 0 bridgehead atoms. The zero-order valence-corrected chi connectivity index (χ0v) is 41.1. The second kappa shape index (κ2) is 23.4. The molecule has 1 spiro atoms. The van der Waals surface area contributed by atoms with Crippen LogP contribution in [0.4, 0.5) is 0 Å². The topological polar surface area (TPSA) is 142 Å². The molecule has 1 saturated heterocycles. The number of carbonyl (C=O) groups excluding carboxylic acids is 4. The monoisotopic (exact) mass is 964 g/mol. The van der Waals surface area contributed by atoms with Crippen LogP contribution in [-0.2, 0) is 35.0 Å². The van der Waals surface area contributed by atoms with Crippen LogP contribution in [0.15, 0.2) is 138 Å². The molecular weight excluding hydrogens is 901 g/mol. The minimum atomic E-state index is -0.533. The molecular formula is C59H64O12. The van der Waals surface area contributed by atoms with E-state index in [1.54, 1.807) is 85.8 Å². The first-order chi connectivity index (χ1) is 34.5. The molecule has 0 aromatic heterocycles. The smallest absolute Gasteiger partial charge is 0.343 e. The first kappa shape index (κ1) is 50.6. The van der Waals surface area contributed by atoms with E-state index in [4.69, 9.17) is 37.9 Å². The highest BCUT2D eigenvalue weighted by atomic mass is 16.6. The van der Waals surface area contributed by atoms with Gasteiger partial charge in [-0.1, -0.05) is 57.2 Å². The maximum absolute atomic E-state index is 13.5. The van der Waals surface area contributed by atoms with Gasteiger partial charge in [0.1, 0.15) is 28.8 Å². The number of rotatable bonds is 26. The highest BCUT2D eigenvalue weighted by Crippen LogP contribution is 2.65. The van der Waals surface area contributed by atoms with E-state index >= 15 is 0 Å². The van der Waals surface area contributed by atoms with E-state index < -0.39 is 17.9 Å². The van der Waals surface area contributed by atoms with Gasteiger partial charge in [0, 0.05) is 28.9 Å². The molecule has 0 N–H and O–H groups in total. The van der Waals surface area contributed by atoms with E-state index in [1.165, 1.54) is 0 Å². The Balaban J connectivity index is 0.786. The van der Waals surface area contributed by atoms with Crippen LogP contribution in [0.5, 0.6) is 23.0 Å². The molecule has 12 heteroatoms. The number of fused-ring (bicyclic) bond motifs is 1.